The maximum Gasteiger partial charge on any atom is 0.220 e. The molecule has 0 aliphatic rings. The number of hydrogen-bond acceptors (Lipinski definition) is 3. The third-order valence-corrected chi connectivity index (χ3v) is 11.6. The van der Waals surface area contributed by atoms with Crippen LogP contribution < -0.4 is 0 Å². The summed E-state index contributed by atoms with van der Waals surface area (Å²) in [5.74, 6) is 1.73. The van der Waals surface area contributed by atoms with Gasteiger partial charge in [0, 0.05) is 16.5 Å². The van der Waals surface area contributed by atoms with Crippen LogP contribution in [0.3, 0.4) is 0 Å². The van der Waals surface area contributed by atoms with E-state index in [1.165, 1.54) is 11.1 Å². The molecule has 0 saturated heterocycles. The fourth-order valence-electron chi connectivity index (χ4n) is 8.99. The van der Waals surface area contributed by atoms with Gasteiger partial charge in [0.15, 0.2) is 5.58 Å². The second-order valence-electron chi connectivity index (χ2n) is 14.7. The molecule has 0 unspecified atom stereocenters. The standard InChI is InChI=1S/C50H30N6O/c1-2-11-31(12-3-1)32-21-25-35(26-22-32)53-42-27-23-33(29-45(42)54-40-17-7-5-15-38(40)51-49(53)54)34-24-28-43-46(30-34)55-41-18-8-6-16-39(41)52-50(55)56(43)44-19-10-14-37-36-13-4-9-20-47(36)57-48(37)44/h1-30H. The molecule has 0 amide bonds. The normalized spacial score (nSPS) is 12.2. The minimum absolute atomic E-state index is 0.841. The lowest BCUT2D eigenvalue weighted by Crippen LogP contribution is -1.95. The highest BCUT2D eigenvalue weighted by Gasteiger charge is 2.22. The zero-order valence-electron chi connectivity index (χ0n) is 30.4. The van der Waals surface area contributed by atoms with Crippen molar-refractivity contribution in [1.29, 1.82) is 0 Å². The average molecular weight is 731 g/mol. The highest BCUT2D eigenvalue weighted by Crippen LogP contribution is 2.39. The van der Waals surface area contributed by atoms with Crippen molar-refractivity contribution in [3.8, 4) is 33.6 Å². The molecule has 0 aliphatic carbocycles. The lowest BCUT2D eigenvalue weighted by Gasteiger charge is -2.09. The maximum atomic E-state index is 6.56. The van der Waals surface area contributed by atoms with Crippen molar-refractivity contribution in [3.63, 3.8) is 0 Å². The number of fused-ring (bicyclic) bond motifs is 13. The van der Waals surface area contributed by atoms with Gasteiger partial charge in [-0.25, -0.2) is 9.97 Å². The Morgan fingerprint density at radius 2 is 0.912 bits per heavy atom. The number of benzene rings is 8. The van der Waals surface area contributed by atoms with E-state index >= 15 is 0 Å². The van der Waals surface area contributed by atoms with Crippen LogP contribution in [0, 0.1) is 0 Å². The summed E-state index contributed by atoms with van der Waals surface area (Å²) in [6.07, 6.45) is 0. The third kappa shape index (κ3) is 4.25. The average Bonchev–Trinajstić information content (AvgIpc) is 4.07. The fraction of sp³-hybridized carbons (Fsp3) is 0. The first-order valence-corrected chi connectivity index (χ1v) is 19.2. The molecular formula is C50H30N6O. The summed E-state index contributed by atoms with van der Waals surface area (Å²) in [6, 6.07) is 64.2. The molecule has 0 bridgehead atoms. The fourth-order valence-corrected chi connectivity index (χ4v) is 8.99. The van der Waals surface area contributed by atoms with E-state index in [-0.39, 0.29) is 0 Å². The topological polar surface area (TPSA) is 57.6 Å². The molecule has 5 heterocycles. The van der Waals surface area contributed by atoms with E-state index in [0.29, 0.717) is 0 Å². The van der Waals surface area contributed by atoms with Gasteiger partial charge >= 0.3 is 0 Å². The molecule has 0 aliphatic heterocycles. The van der Waals surface area contributed by atoms with Crippen molar-refractivity contribution in [2.24, 2.45) is 0 Å². The van der Waals surface area contributed by atoms with Gasteiger partial charge in [0.25, 0.3) is 0 Å². The molecule has 0 saturated carbocycles. The first-order chi connectivity index (χ1) is 28.3. The number of furan rings is 1. The zero-order valence-corrected chi connectivity index (χ0v) is 30.4. The number of rotatable bonds is 4. The Labute approximate surface area is 324 Å². The van der Waals surface area contributed by atoms with Crippen molar-refractivity contribution < 1.29 is 4.42 Å². The second-order valence-corrected chi connectivity index (χ2v) is 14.7. The lowest BCUT2D eigenvalue weighted by atomic mass is 10.0. The monoisotopic (exact) mass is 730 g/mol. The highest BCUT2D eigenvalue weighted by molar-refractivity contribution is 6.08. The predicted molar refractivity (Wildman–Crippen MR) is 231 cm³/mol. The molecule has 0 N–H and O–H groups in total. The Morgan fingerprint density at radius 1 is 0.368 bits per heavy atom. The van der Waals surface area contributed by atoms with E-state index in [9.17, 15) is 0 Å². The van der Waals surface area contributed by atoms with Crippen molar-refractivity contribution in [2.75, 3.05) is 0 Å². The first-order valence-electron chi connectivity index (χ1n) is 19.2. The van der Waals surface area contributed by atoms with Crippen LogP contribution in [0.4, 0.5) is 0 Å². The summed E-state index contributed by atoms with van der Waals surface area (Å²) >= 11 is 0. The molecule has 57 heavy (non-hydrogen) atoms. The predicted octanol–water partition coefficient (Wildman–Crippen LogP) is 12.4. The third-order valence-electron chi connectivity index (χ3n) is 11.6. The summed E-state index contributed by atoms with van der Waals surface area (Å²) in [5.41, 5.74) is 16.7. The summed E-state index contributed by atoms with van der Waals surface area (Å²) in [4.78, 5) is 10.4. The van der Waals surface area contributed by atoms with Crippen molar-refractivity contribution >= 4 is 77.6 Å². The Kier molecular flexibility index (Phi) is 6.04. The molecule has 0 atom stereocenters. The molecule has 5 aromatic heterocycles. The van der Waals surface area contributed by atoms with E-state index in [0.717, 1.165) is 100 Å². The van der Waals surface area contributed by atoms with Crippen molar-refractivity contribution in [1.82, 2.24) is 27.9 Å². The van der Waals surface area contributed by atoms with Gasteiger partial charge in [-0.3, -0.25) is 17.9 Å². The molecule has 13 aromatic rings. The number of nitrogens with zero attached hydrogens (tertiary/aromatic N) is 6. The number of para-hydroxylation sites is 6. The SMILES string of the molecule is c1ccc(-c2ccc(-n3c4ccc(-c5ccc6c(c5)n5c7ccccc7nc5n6-c5cccc6c5oc5ccccc56)cc4n4c5ccccc5nc34)cc2)cc1. The van der Waals surface area contributed by atoms with E-state index in [4.69, 9.17) is 14.4 Å². The van der Waals surface area contributed by atoms with Gasteiger partial charge in [0.2, 0.25) is 11.6 Å². The van der Waals surface area contributed by atoms with Crippen LogP contribution in [0.25, 0.3) is 111 Å². The van der Waals surface area contributed by atoms with Gasteiger partial charge in [-0.1, -0.05) is 109 Å². The molecule has 8 aromatic carbocycles. The zero-order chi connectivity index (χ0) is 37.2. The summed E-state index contributed by atoms with van der Waals surface area (Å²) in [6.45, 7) is 0. The quantitative estimate of drug-likeness (QED) is 0.181. The maximum absolute atomic E-state index is 6.56. The summed E-state index contributed by atoms with van der Waals surface area (Å²) in [7, 11) is 0. The van der Waals surface area contributed by atoms with Gasteiger partial charge in [-0.2, -0.15) is 0 Å². The Bertz CT molecular complexity index is 3750. The van der Waals surface area contributed by atoms with Gasteiger partial charge in [0.1, 0.15) is 5.58 Å². The van der Waals surface area contributed by atoms with E-state index in [1.807, 2.05) is 18.2 Å². The minimum Gasteiger partial charge on any atom is -0.454 e. The minimum atomic E-state index is 0.841. The number of aromatic nitrogens is 6. The molecule has 0 spiro atoms. The molecule has 7 heteroatoms. The first kappa shape index (κ1) is 30.4. The molecule has 7 nitrogen and oxygen atoms in total. The molecule has 0 radical (unpaired) electrons. The Balaban J connectivity index is 1.03. The number of imidazole rings is 4. The van der Waals surface area contributed by atoms with Gasteiger partial charge < -0.3 is 4.42 Å². The number of hydrogen-bond donors (Lipinski definition) is 0. The van der Waals surface area contributed by atoms with Crippen LogP contribution in [-0.2, 0) is 0 Å². The molecule has 266 valence electrons. The van der Waals surface area contributed by atoms with Crippen LogP contribution >= 0.6 is 0 Å². The van der Waals surface area contributed by atoms with Crippen LogP contribution in [0.5, 0.6) is 0 Å². The largest absolute Gasteiger partial charge is 0.454 e. The van der Waals surface area contributed by atoms with E-state index < -0.39 is 0 Å². The van der Waals surface area contributed by atoms with Crippen molar-refractivity contribution in [2.45, 2.75) is 0 Å². The van der Waals surface area contributed by atoms with Crippen LogP contribution in [-0.4, -0.2) is 27.9 Å². The van der Waals surface area contributed by atoms with Crippen LogP contribution in [0.15, 0.2) is 186 Å². The van der Waals surface area contributed by atoms with Gasteiger partial charge in [-0.05, 0) is 95.1 Å². The highest BCUT2D eigenvalue weighted by atomic mass is 16.3. The summed E-state index contributed by atoms with van der Waals surface area (Å²) < 4.78 is 15.7. The Hall–Kier alpha value is -7.90. The van der Waals surface area contributed by atoms with Crippen molar-refractivity contribution in [3.05, 3.63) is 182 Å². The van der Waals surface area contributed by atoms with Crippen LogP contribution in [0.1, 0.15) is 0 Å². The molecule has 0 fully saturated rings. The van der Waals surface area contributed by atoms with E-state index in [1.54, 1.807) is 0 Å². The van der Waals surface area contributed by atoms with Gasteiger partial charge in [0.05, 0.1) is 49.8 Å². The van der Waals surface area contributed by atoms with Crippen LogP contribution in [0.2, 0.25) is 0 Å². The second kappa shape index (κ2) is 11.3. The van der Waals surface area contributed by atoms with E-state index in [2.05, 4.69) is 182 Å². The molecule has 13 rings (SSSR count). The lowest BCUT2D eigenvalue weighted by molar-refractivity contribution is 0.666. The Morgan fingerprint density at radius 3 is 1.61 bits per heavy atom. The summed E-state index contributed by atoms with van der Waals surface area (Å²) in [5, 5.41) is 2.19. The molecular weight excluding hydrogens is 701 g/mol. The van der Waals surface area contributed by atoms with Gasteiger partial charge in [-0.15, -0.1) is 0 Å². The smallest absolute Gasteiger partial charge is 0.220 e.